The number of oxazole rings is 1. The van der Waals surface area contributed by atoms with Gasteiger partial charge in [-0.2, -0.15) is 0 Å². The van der Waals surface area contributed by atoms with E-state index in [4.69, 9.17) is 4.42 Å². The Hall–Kier alpha value is -3.08. The lowest BCUT2D eigenvalue weighted by molar-refractivity contribution is -0.116. The van der Waals surface area contributed by atoms with E-state index in [0.717, 1.165) is 11.1 Å². The van der Waals surface area contributed by atoms with E-state index in [-0.39, 0.29) is 12.5 Å². The number of carbonyl (C=O) groups excluding carboxylic acids is 1. The van der Waals surface area contributed by atoms with Crippen LogP contribution in [0.2, 0.25) is 0 Å². The fourth-order valence-corrected chi connectivity index (χ4v) is 2.21. The minimum absolute atomic E-state index is 0.0942. The molecule has 0 saturated heterocycles. The van der Waals surface area contributed by atoms with E-state index in [1.807, 2.05) is 49.4 Å². The molecule has 5 nitrogen and oxygen atoms in total. The quantitative estimate of drug-likeness (QED) is 0.805. The molecule has 23 heavy (non-hydrogen) atoms. The number of aromatic nitrogens is 1. The molecule has 2 aromatic carbocycles. The number of hydrogen-bond donors (Lipinski definition) is 1. The van der Waals surface area contributed by atoms with Crippen molar-refractivity contribution in [3.05, 3.63) is 76.9 Å². The largest absolute Gasteiger partial charge is 0.419 e. The highest BCUT2D eigenvalue weighted by molar-refractivity contribution is 5.90. The maximum atomic E-state index is 12.0. The molecular formula is C18H16N2O3. The zero-order chi connectivity index (χ0) is 16.2. The third kappa shape index (κ3) is 3.58. The van der Waals surface area contributed by atoms with Gasteiger partial charge in [-0.25, -0.2) is 4.79 Å². The molecule has 0 spiro atoms. The van der Waals surface area contributed by atoms with E-state index in [0.29, 0.717) is 11.4 Å². The van der Waals surface area contributed by atoms with E-state index in [9.17, 15) is 9.59 Å². The molecule has 116 valence electrons. The van der Waals surface area contributed by atoms with Crippen LogP contribution in [0.15, 0.2) is 70.0 Å². The predicted molar refractivity (Wildman–Crippen MR) is 88.2 cm³/mol. The summed E-state index contributed by atoms with van der Waals surface area (Å²) < 4.78 is 6.48. The fourth-order valence-electron chi connectivity index (χ4n) is 2.21. The smallest absolute Gasteiger partial charge is 0.408 e. The number of aryl methyl sites for hydroxylation is 1. The monoisotopic (exact) mass is 308 g/mol. The molecule has 0 bridgehead atoms. The molecule has 1 N–H and O–H groups in total. The van der Waals surface area contributed by atoms with Crippen LogP contribution in [0.4, 0.5) is 5.69 Å². The van der Waals surface area contributed by atoms with Crippen LogP contribution in [0.5, 0.6) is 0 Å². The second-order valence-electron chi connectivity index (χ2n) is 5.27. The van der Waals surface area contributed by atoms with Crippen molar-refractivity contribution in [2.24, 2.45) is 0 Å². The van der Waals surface area contributed by atoms with E-state index < -0.39 is 5.76 Å². The summed E-state index contributed by atoms with van der Waals surface area (Å²) in [4.78, 5) is 23.9. The summed E-state index contributed by atoms with van der Waals surface area (Å²) >= 11 is 0. The van der Waals surface area contributed by atoms with Crippen LogP contribution in [-0.2, 0) is 11.3 Å². The summed E-state index contributed by atoms with van der Waals surface area (Å²) in [5.74, 6) is -0.388. The summed E-state index contributed by atoms with van der Waals surface area (Å²) in [5, 5.41) is 2.73. The van der Waals surface area contributed by atoms with Gasteiger partial charge in [-0.15, -0.1) is 0 Å². The summed E-state index contributed by atoms with van der Waals surface area (Å²) in [6, 6.07) is 16.7. The van der Waals surface area contributed by atoms with Gasteiger partial charge < -0.3 is 9.73 Å². The number of benzene rings is 2. The highest BCUT2D eigenvalue weighted by atomic mass is 16.4. The van der Waals surface area contributed by atoms with Gasteiger partial charge in [0.15, 0.2) is 5.76 Å². The minimum Gasteiger partial charge on any atom is -0.408 e. The number of carbonyl (C=O) groups is 1. The fraction of sp³-hybridized carbons (Fsp3) is 0.111. The van der Waals surface area contributed by atoms with Gasteiger partial charge in [0.1, 0.15) is 6.54 Å². The number of nitrogens with zero attached hydrogens (tertiary/aromatic N) is 1. The van der Waals surface area contributed by atoms with Crippen LogP contribution in [-0.4, -0.2) is 10.5 Å². The number of hydrogen-bond acceptors (Lipinski definition) is 3. The zero-order valence-corrected chi connectivity index (χ0v) is 12.7. The predicted octanol–water partition coefficient (Wildman–Crippen LogP) is 3.06. The van der Waals surface area contributed by atoms with Gasteiger partial charge in [-0.1, -0.05) is 48.0 Å². The van der Waals surface area contributed by atoms with Crippen molar-refractivity contribution in [2.45, 2.75) is 13.5 Å². The highest BCUT2D eigenvalue weighted by Crippen LogP contribution is 2.18. The SMILES string of the molecule is Cc1ccc(-c2cn(CC(=O)Nc3ccccc3)c(=O)o2)cc1. The number of nitrogens with one attached hydrogen (secondary N) is 1. The highest BCUT2D eigenvalue weighted by Gasteiger charge is 2.11. The first-order chi connectivity index (χ1) is 11.1. The Balaban J connectivity index is 1.75. The third-order valence-corrected chi connectivity index (χ3v) is 3.41. The third-order valence-electron chi connectivity index (χ3n) is 3.41. The first-order valence-corrected chi connectivity index (χ1v) is 7.24. The second kappa shape index (κ2) is 6.36. The van der Waals surface area contributed by atoms with Gasteiger partial charge in [0.05, 0.1) is 6.20 Å². The van der Waals surface area contributed by atoms with Gasteiger partial charge >= 0.3 is 5.76 Å². The molecule has 0 radical (unpaired) electrons. The molecule has 0 aliphatic carbocycles. The van der Waals surface area contributed by atoms with Crippen molar-refractivity contribution in [3.63, 3.8) is 0 Å². The Morgan fingerprint density at radius 1 is 1.09 bits per heavy atom. The van der Waals surface area contributed by atoms with Crippen molar-refractivity contribution in [2.75, 3.05) is 5.32 Å². The van der Waals surface area contributed by atoms with Crippen LogP contribution in [0.25, 0.3) is 11.3 Å². The van der Waals surface area contributed by atoms with Crippen molar-refractivity contribution >= 4 is 11.6 Å². The van der Waals surface area contributed by atoms with Crippen LogP contribution in [0.1, 0.15) is 5.56 Å². The Morgan fingerprint density at radius 2 is 1.78 bits per heavy atom. The molecule has 0 saturated carbocycles. The van der Waals surface area contributed by atoms with Gasteiger partial charge in [-0.3, -0.25) is 9.36 Å². The number of rotatable bonds is 4. The normalized spacial score (nSPS) is 10.5. The molecule has 0 unspecified atom stereocenters. The van der Waals surface area contributed by atoms with Gasteiger partial charge in [0.2, 0.25) is 5.91 Å². The van der Waals surface area contributed by atoms with Crippen molar-refractivity contribution in [3.8, 4) is 11.3 Å². The van der Waals surface area contributed by atoms with Gasteiger partial charge in [0.25, 0.3) is 0 Å². The van der Waals surface area contributed by atoms with E-state index in [2.05, 4.69) is 5.32 Å². The molecule has 1 heterocycles. The topological polar surface area (TPSA) is 64.2 Å². The van der Waals surface area contributed by atoms with E-state index in [1.165, 1.54) is 4.57 Å². The van der Waals surface area contributed by atoms with Crippen LogP contribution in [0, 0.1) is 6.92 Å². The lowest BCUT2D eigenvalue weighted by Crippen LogP contribution is -2.24. The minimum atomic E-state index is -0.552. The first kappa shape index (κ1) is 14.8. The molecule has 0 aliphatic rings. The first-order valence-electron chi connectivity index (χ1n) is 7.24. The number of para-hydroxylation sites is 1. The summed E-state index contributed by atoms with van der Waals surface area (Å²) in [6.07, 6.45) is 1.55. The molecule has 0 fully saturated rings. The van der Waals surface area contributed by atoms with Crippen LogP contribution < -0.4 is 11.1 Å². The maximum absolute atomic E-state index is 12.0. The molecule has 3 aromatic rings. The summed E-state index contributed by atoms with van der Waals surface area (Å²) in [5.41, 5.74) is 2.61. The van der Waals surface area contributed by atoms with Crippen molar-refractivity contribution < 1.29 is 9.21 Å². The van der Waals surface area contributed by atoms with Gasteiger partial charge in [-0.05, 0) is 19.1 Å². The number of amides is 1. The molecule has 1 aromatic heterocycles. The molecule has 0 atom stereocenters. The lowest BCUT2D eigenvalue weighted by Gasteiger charge is -2.04. The molecule has 5 heteroatoms. The summed E-state index contributed by atoms with van der Waals surface area (Å²) in [6.45, 7) is 1.89. The Morgan fingerprint density at radius 3 is 2.48 bits per heavy atom. The average Bonchev–Trinajstić information content (AvgIpc) is 2.90. The zero-order valence-electron chi connectivity index (χ0n) is 12.7. The number of anilines is 1. The van der Waals surface area contributed by atoms with Gasteiger partial charge in [0, 0.05) is 11.3 Å². The van der Waals surface area contributed by atoms with Crippen LogP contribution >= 0.6 is 0 Å². The Labute approximate surface area is 133 Å². The molecular weight excluding hydrogens is 292 g/mol. The molecule has 1 amide bonds. The van der Waals surface area contributed by atoms with E-state index in [1.54, 1.807) is 18.3 Å². The Kier molecular flexibility index (Phi) is 4.10. The average molecular weight is 308 g/mol. The Bertz CT molecular complexity index is 861. The summed E-state index contributed by atoms with van der Waals surface area (Å²) in [7, 11) is 0. The molecule has 0 aliphatic heterocycles. The standard InChI is InChI=1S/C18H16N2O3/c1-13-7-9-14(10-8-13)16-11-20(18(22)23-16)12-17(21)19-15-5-3-2-4-6-15/h2-11H,12H2,1H3,(H,19,21). The van der Waals surface area contributed by atoms with Crippen molar-refractivity contribution in [1.82, 2.24) is 4.57 Å². The van der Waals surface area contributed by atoms with E-state index >= 15 is 0 Å². The maximum Gasteiger partial charge on any atom is 0.419 e. The van der Waals surface area contributed by atoms with Crippen molar-refractivity contribution in [1.29, 1.82) is 0 Å². The molecule has 3 rings (SSSR count). The second-order valence-corrected chi connectivity index (χ2v) is 5.27. The lowest BCUT2D eigenvalue weighted by atomic mass is 10.1. The van der Waals surface area contributed by atoms with Crippen LogP contribution in [0.3, 0.4) is 0 Å².